The van der Waals surface area contributed by atoms with Gasteiger partial charge >= 0.3 is 18.4 Å². The standard InChI is InChI=1S/C18H27FN2O2S.C9H6F6O.C2H6/c1-14(19)5-6-15(2)24(4)16-7-10-21(13-16)17(22)20-11-8-18(3,23)9-12-20;10-8(11,12)7(16,9(13,14)15)6-4-2-1-3-5-6;1-2/h5-6,16,23H,1-2,4,7-13H2,3H3;1-5,16H;1-2H3/b6-5-;;. The van der Waals surface area contributed by atoms with Gasteiger partial charge in [-0.1, -0.05) is 63.2 Å². The molecule has 2 N–H and O–H groups in total. The second kappa shape index (κ2) is 15.2. The highest BCUT2D eigenvalue weighted by atomic mass is 32.2. The number of aliphatic hydroxyl groups is 2. The van der Waals surface area contributed by atoms with Crippen LogP contribution < -0.4 is 0 Å². The topological polar surface area (TPSA) is 64.0 Å². The first-order valence-electron chi connectivity index (χ1n) is 13.2. The summed E-state index contributed by atoms with van der Waals surface area (Å²) in [6, 6.07) is 4.40. The van der Waals surface area contributed by atoms with E-state index < -0.39 is 34.9 Å². The van der Waals surface area contributed by atoms with Gasteiger partial charge in [-0.05, 0) is 43.2 Å². The van der Waals surface area contributed by atoms with E-state index in [-0.39, 0.29) is 21.8 Å². The number of amides is 2. The number of urea groups is 1. The number of piperidine rings is 1. The summed E-state index contributed by atoms with van der Waals surface area (Å²) in [4.78, 5) is 17.1. The fraction of sp³-hybridized carbons (Fsp3) is 0.517. The Morgan fingerprint density at radius 2 is 1.48 bits per heavy atom. The molecule has 1 aromatic carbocycles. The molecule has 0 bridgehead atoms. The Balaban J connectivity index is 0.000000426. The van der Waals surface area contributed by atoms with Gasteiger partial charge in [0, 0.05) is 37.0 Å². The fourth-order valence-electron chi connectivity index (χ4n) is 4.17. The number of carbonyl (C=O) groups is 1. The van der Waals surface area contributed by atoms with Crippen molar-refractivity contribution in [1.29, 1.82) is 0 Å². The van der Waals surface area contributed by atoms with Gasteiger partial charge in [-0.3, -0.25) is 0 Å². The number of carbonyl (C=O) groups excluding carboxylic acids is 1. The summed E-state index contributed by atoms with van der Waals surface area (Å²) >= 11 is 0. The minimum atomic E-state index is -5.83. The van der Waals surface area contributed by atoms with Crippen LogP contribution in [0, 0.1) is 0 Å². The van der Waals surface area contributed by atoms with Gasteiger partial charge in [0.1, 0.15) is 5.83 Å². The highest BCUT2D eigenvalue weighted by Gasteiger charge is 2.71. The highest BCUT2D eigenvalue weighted by Crippen LogP contribution is 2.49. The molecule has 2 amide bonds. The molecule has 0 radical (unpaired) electrons. The number of hydrogen-bond donors (Lipinski definition) is 2. The number of nitrogens with zero attached hydrogens (tertiary/aromatic N) is 2. The van der Waals surface area contributed by atoms with Gasteiger partial charge in [0.2, 0.25) is 0 Å². The summed E-state index contributed by atoms with van der Waals surface area (Å²) in [5.74, 6) is 3.66. The van der Waals surface area contributed by atoms with E-state index in [1.807, 2.05) is 30.6 Å². The van der Waals surface area contributed by atoms with Crippen LogP contribution in [0.4, 0.5) is 35.5 Å². The van der Waals surface area contributed by atoms with Gasteiger partial charge in [-0.2, -0.15) is 36.8 Å². The third kappa shape index (κ3) is 9.70. The molecule has 2 fully saturated rings. The van der Waals surface area contributed by atoms with E-state index in [4.69, 9.17) is 5.11 Å². The monoisotopic (exact) mass is 628 g/mol. The van der Waals surface area contributed by atoms with E-state index in [9.17, 15) is 40.6 Å². The lowest BCUT2D eigenvalue weighted by molar-refractivity contribution is -0.376. The molecule has 2 aliphatic rings. The first kappa shape index (κ1) is 37.4. The average molecular weight is 629 g/mol. The summed E-state index contributed by atoms with van der Waals surface area (Å²) in [6.07, 6.45) is -6.62. The summed E-state index contributed by atoms with van der Waals surface area (Å²) in [5.41, 5.74) is -6.74. The molecule has 0 aromatic heterocycles. The van der Waals surface area contributed by atoms with Gasteiger partial charge < -0.3 is 20.0 Å². The Morgan fingerprint density at radius 1 is 0.976 bits per heavy atom. The molecule has 0 aliphatic carbocycles. The van der Waals surface area contributed by atoms with Crippen molar-refractivity contribution >= 4 is 22.4 Å². The van der Waals surface area contributed by atoms with Crippen LogP contribution in [0.15, 0.2) is 66.4 Å². The zero-order valence-corrected chi connectivity index (χ0v) is 24.8. The third-order valence-corrected chi connectivity index (χ3v) is 8.73. The van der Waals surface area contributed by atoms with Crippen molar-refractivity contribution in [1.82, 2.24) is 9.80 Å². The summed E-state index contributed by atoms with van der Waals surface area (Å²) < 4.78 is 86.6. The summed E-state index contributed by atoms with van der Waals surface area (Å²) in [5, 5.41) is 19.2. The van der Waals surface area contributed by atoms with E-state index in [1.54, 1.807) is 6.08 Å². The molecule has 42 heavy (non-hydrogen) atoms. The van der Waals surface area contributed by atoms with Gasteiger partial charge in [-0.15, -0.1) is 0 Å². The molecule has 2 saturated heterocycles. The lowest BCUT2D eigenvalue weighted by Gasteiger charge is -2.37. The van der Waals surface area contributed by atoms with Crippen molar-refractivity contribution in [2.45, 2.75) is 68.8 Å². The van der Waals surface area contributed by atoms with Crippen LogP contribution in [0.2, 0.25) is 0 Å². The maximum atomic E-state index is 12.7. The number of hydrogen-bond acceptors (Lipinski definition) is 3. The summed E-state index contributed by atoms with van der Waals surface area (Å²) in [7, 11) is -0.353. The molecule has 0 saturated carbocycles. The number of benzene rings is 1. The molecule has 3 rings (SSSR count). The average Bonchev–Trinajstić information content (AvgIpc) is 3.41. The van der Waals surface area contributed by atoms with Gasteiger partial charge in [0.15, 0.2) is 0 Å². The zero-order valence-electron chi connectivity index (χ0n) is 23.9. The van der Waals surface area contributed by atoms with Crippen LogP contribution in [-0.2, 0) is 5.60 Å². The van der Waals surface area contributed by atoms with Crippen molar-refractivity contribution in [3.8, 4) is 0 Å². The smallest absolute Gasteiger partial charge is 0.390 e. The number of allylic oxidation sites excluding steroid dienone is 3. The second-order valence-electron chi connectivity index (χ2n) is 9.87. The van der Waals surface area contributed by atoms with Crippen LogP contribution in [0.1, 0.15) is 45.6 Å². The maximum Gasteiger partial charge on any atom is 0.430 e. The van der Waals surface area contributed by atoms with Crippen molar-refractivity contribution in [2.24, 2.45) is 0 Å². The van der Waals surface area contributed by atoms with Crippen LogP contribution in [0.5, 0.6) is 0 Å². The van der Waals surface area contributed by atoms with Crippen LogP contribution in [0.25, 0.3) is 0 Å². The predicted molar refractivity (Wildman–Crippen MR) is 154 cm³/mol. The molecule has 0 spiro atoms. The van der Waals surface area contributed by atoms with Gasteiger partial charge in [-0.25, -0.2) is 9.18 Å². The molecule has 2 heterocycles. The molecule has 238 valence electrons. The highest BCUT2D eigenvalue weighted by molar-refractivity contribution is 8.18. The largest absolute Gasteiger partial charge is 0.430 e. The number of alkyl halides is 6. The van der Waals surface area contributed by atoms with E-state index in [0.717, 1.165) is 23.5 Å². The van der Waals surface area contributed by atoms with Crippen LogP contribution in [-0.4, -0.2) is 81.3 Å². The van der Waals surface area contributed by atoms with Gasteiger partial charge in [0.25, 0.3) is 5.60 Å². The van der Waals surface area contributed by atoms with E-state index in [2.05, 4.69) is 19.0 Å². The van der Waals surface area contributed by atoms with Crippen LogP contribution >= 0.6 is 10.5 Å². The number of rotatable bonds is 5. The molecule has 2 unspecified atom stereocenters. The third-order valence-electron chi connectivity index (χ3n) is 6.73. The van der Waals surface area contributed by atoms with Crippen molar-refractivity contribution < 1.29 is 45.7 Å². The lowest BCUT2D eigenvalue weighted by atomic mass is 9.92. The maximum absolute atomic E-state index is 12.7. The van der Waals surface area contributed by atoms with E-state index in [0.29, 0.717) is 51.2 Å². The first-order valence-corrected chi connectivity index (χ1v) is 14.7. The first-order chi connectivity index (χ1) is 19.3. The van der Waals surface area contributed by atoms with Crippen LogP contribution in [0.3, 0.4) is 0 Å². The molecular weight excluding hydrogens is 589 g/mol. The molecule has 5 nitrogen and oxygen atoms in total. The Labute approximate surface area is 244 Å². The minimum absolute atomic E-state index is 0.0447. The Bertz CT molecular complexity index is 1090. The number of halogens is 7. The van der Waals surface area contributed by atoms with Crippen molar-refractivity contribution in [2.75, 3.05) is 26.2 Å². The SMILES string of the molecule is C=C(F)/C=C\C(=C)S(=C)C1CCN(C(=O)N2CCC(C)(O)CC2)C1.CC.OC(c1ccccc1)(C(F)(F)F)C(F)(F)F. The molecule has 2 aliphatic heterocycles. The molecule has 1 aromatic rings. The van der Waals surface area contributed by atoms with E-state index >= 15 is 0 Å². The molecule has 2 atom stereocenters. The Morgan fingerprint density at radius 3 is 1.93 bits per heavy atom. The fourth-order valence-corrected chi connectivity index (χ4v) is 5.59. The van der Waals surface area contributed by atoms with Crippen molar-refractivity contribution in [3.63, 3.8) is 0 Å². The second-order valence-corrected chi connectivity index (χ2v) is 11.9. The quantitative estimate of drug-likeness (QED) is 0.204. The molecule has 13 heteroatoms. The zero-order chi connectivity index (χ0) is 32.5. The predicted octanol–water partition coefficient (Wildman–Crippen LogP) is 7.31. The normalized spacial score (nSPS) is 19.8. The minimum Gasteiger partial charge on any atom is -0.390 e. The lowest BCUT2D eigenvalue weighted by Crippen LogP contribution is -2.53. The van der Waals surface area contributed by atoms with Gasteiger partial charge in [0.05, 0.1) is 5.60 Å². The summed E-state index contributed by atoms with van der Waals surface area (Å²) in [6.45, 7) is 15.5. The Kier molecular flexibility index (Phi) is 13.5. The molecular formula is C29H39F7N2O3S. The Hall–Kier alpha value is -2.64. The van der Waals surface area contributed by atoms with E-state index in [1.165, 1.54) is 12.1 Å². The number of likely N-dealkylation sites (tertiary alicyclic amines) is 2. The van der Waals surface area contributed by atoms with Crippen molar-refractivity contribution in [3.05, 3.63) is 71.9 Å².